The van der Waals surface area contributed by atoms with Crippen LogP contribution in [0, 0.1) is 0 Å². The molecule has 2 N–H and O–H groups in total. The van der Waals surface area contributed by atoms with Crippen molar-refractivity contribution in [3.05, 3.63) is 30.1 Å². The van der Waals surface area contributed by atoms with E-state index in [1.165, 1.54) is 0 Å². The van der Waals surface area contributed by atoms with Crippen LogP contribution in [-0.2, 0) is 13.5 Å². The summed E-state index contributed by atoms with van der Waals surface area (Å²) in [6, 6.07) is 7.84. The second-order valence-electron chi connectivity index (χ2n) is 4.86. The Morgan fingerprint density at radius 1 is 1.39 bits per heavy atom. The van der Waals surface area contributed by atoms with E-state index < -0.39 is 5.67 Å². The van der Waals surface area contributed by atoms with Crippen LogP contribution in [0.2, 0.25) is 0 Å². The summed E-state index contributed by atoms with van der Waals surface area (Å²) in [5.74, 6) is 0.762. The molecule has 0 aliphatic heterocycles. The van der Waals surface area contributed by atoms with Crippen LogP contribution in [0.25, 0.3) is 11.0 Å². The summed E-state index contributed by atoms with van der Waals surface area (Å²) in [7, 11) is 1.92. The molecule has 0 radical (unpaired) electrons. The molecule has 0 aliphatic carbocycles. The first kappa shape index (κ1) is 13.0. The number of benzene rings is 1. The van der Waals surface area contributed by atoms with Gasteiger partial charge in [0.2, 0.25) is 0 Å². The van der Waals surface area contributed by atoms with Gasteiger partial charge in [-0.15, -0.1) is 0 Å². The zero-order valence-corrected chi connectivity index (χ0v) is 11.0. The number of hydrogen-bond acceptors (Lipinski definition) is 2. The molecule has 0 saturated heterocycles. The lowest BCUT2D eigenvalue weighted by atomic mass is 9.96. The van der Waals surface area contributed by atoms with Gasteiger partial charge in [-0.3, -0.25) is 0 Å². The standard InChI is InChI=1S/C14H20FN3/c1-3-8-14(15,10-16)9-13-17-11-6-4-5-7-12(11)18(13)2/h4-7H,3,8-10,16H2,1-2H3. The molecular formula is C14H20FN3. The highest BCUT2D eigenvalue weighted by atomic mass is 19.1. The fourth-order valence-corrected chi connectivity index (χ4v) is 2.35. The first-order valence-corrected chi connectivity index (χ1v) is 6.39. The van der Waals surface area contributed by atoms with Gasteiger partial charge < -0.3 is 10.3 Å². The SMILES string of the molecule is CCCC(F)(CN)Cc1nc2ccccc2n1C. The van der Waals surface area contributed by atoms with Crippen LogP contribution >= 0.6 is 0 Å². The van der Waals surface area contributed by atoms with E-state index in [1.54, 1.807) is 0 Å². The van der Waals surface area contributed by atoms with Crippen molar-refractivity contribution in [3.63, 3.8) is 0 Å². The van der Waals surface area contributed by atoms with Gasteiger partial charge in [0, 0.05) is 20.0 Å². The summed E-state index contributed by atoms with van der Waals surface area (Å²) >= 11 is 0. The average molecular weight is 249 g/mol. The molecule has 1 atom stereocenters. The van der Waals surface area contributed by atoms with Gasteiger partial charge in [0.05, 0.1) is 11.0 Å². The quantitative estimate of drug-likeness (QED) is 0.885. The highest BCUT2D eigenvalue weighted by Crippen LogP contribution is 2.24. The predicted molar refractivity (Wildman–Crippen MR) is 72.2 cm³/mol. The van der Waals surface area contributed by atoms with Gasteiger partial charge in [-0.25, -0.2) is 9.37 Å². The van der Waals surface area contributed by atoms with Gasteiger partial charge in [0.15, 0.2) is 0 Å². The molecule has 98 valence electrons. The van der Waals surface area contributed by atoms with Crippen LogP contribution in [0.5, 0.6) is 0 Å². The minimum absolute atomic E-state index is 0.0457. The summed E-state index contributed by atoms with van der Waals surface area (Å²) in [5, 5.41) is 0. The van der Waals surface area contributed by atoms with Crippen molar-refractivity contribution in [2.75, 3.05) is 6.54 Å². The zero-order valence-electron chi connectivity index (χ0n) is 11.0. The van der Waals surface area contributed by atoms with Gasteiger partial charge in [-0.2, -0.15) is 0 Å². The highest BCUT2D eigenvalue weighted by molar-refractivity contribution is 5.75. The average Bonchev–Trinajstić information content (AvgIpc) is 2.67. The van der Waals surface area contributed by atoms with Crippen molar-refractivity contribution in [1.82, 2.24) is 9.55 Å². The normalized spacial score (nSPS) is 14.9. The second kappa shape index (κ2) is 5.06. The molecule has 1 heterocycles. The summed E-state index contributed by atoms with van der Waals surface area (Å²) in [6.45, 7) is 2.02. The molecule has 4 heteroatoms. The van der Waals surface area contributed by atoms with E-state index in [1.807, 2.05) is 42.8 Å². The van der Waals surface area contributed by atoms with Gasteiger partial charge in [-0.05, 0) is 18.6 Å². The third-order valence-corrected chi connectivity index (χ3v) is 3.42. The van der Waals surface area contributed by atoms with E-state index in [0.717, 1.165) is 23.3 Å². The van der Waals surface area contributed by atoms with E-state index in [4.69, 9.17) is 5.73 Å². The molecule has 0 aliphatic rings. The van der Waals surface area contributed by atoms with E-state index in [9.17, 15) is 4.39 Å². The van der Waals surface area contributed by atoms with E-state index in [-0.39, 0.29) is 13.0 Å². The number of aromatic nitrogens is 2. The lowest BCUT2D eigenvalue weighted by molar-refractivity contribution is 0.154. The summed E-state index contributed by atoms with van der Waals surface area (Å²) in [4.78, 5) is 4.49. The van der Waals surface area contributed by atoms with Crippen LogP contribution in [0.4, 0.5) is 4.39 Å². The smallest absolute Gasteiger partial charge is 0.130 e. The number of hydrogen-bond donors (Lipinski definition) is 1. The summed E-state index contributed by atoms with van der Waals surface area (Å²) in [6.07, 6.45) is 1.55. The van der Waals surface area contributed by atoms with Crippen molar-refractivity contribution < 1.29 is 4.39 Å². The topological polar surface area (TPSA) is 43.8 Å². The number of imidazole rings is 1. The third kappa shape index (κ3) is 2.38. The third-order valence-electron chi connectivity index (χ3n) is 3.42. The van der Waals surface area contributed by atoms with E-state index in [0.29, 0.717) is 6.42 Å². The molecule has 2 rings (SSSR count). The molecule has 1 unspecified atom stereocenters. The molecule has 0 bridgehead atoms. The largest absolute Gasteiger partial charge is 0.331 e. The molecule has 3 nitrogen and oxygen atoms in total. The fraction of sp³-hybridized carbons (Fsp3) is 0.500. The maximum Gasteiger partial charge on any atom is 0.130 e. The Balaban J connectivity index is 2.34. The van der Waals surface area contributed by atoms with Crippen molar-refractivity contribution in [1.29, 1.82) is 0 Å². The first-order chi connectivity index (χ1) is 8.59. The molecular weight excluding hydrogens is 229 g/mol. The molecule has 1 aromatic heterocycles. The zero-order chi connectivity index (χ0) is 13.2. The van der Waals surface area contributed by atoms with E-state index >= 15 is 0 Å². The lowest BCUT2D eigenvalue weighted by Gasteiger charge is -2.22. The van der Waals surface area contributed by atoms with Crippen LogP contribution < -0.4 is 5.73 Å². The summed E-state index contributed by atoms with van der Waals surface area (Å²) < 4.78 is 16.5. The Labute approximate surface area is 107 Å². The highest BCUT2D eigenvalue weighted by Gasteiger charge is 2.29. The number of para-hydroxylation sites is 2. The van der Waals surface area contributed by atoms with Gasteiger partial charge in [0.1, 0.15) is 11.5 Å². The van der Waals surface area contributed by atoms with Crippen LogP contribution in [-0.4, -0.2) is 21.8 Å². The molecule has 2 aromatic rings. The monoisotopic (exact) mass is 249 g/mol. The van der Waals surface area contributed by atoms with Gasteiger partial charge in [-0.1, -0.05) is 25.5 Å². The lowest BCUT2D eigenvalue weighted by Crippen LogP contribution is -2.36. The number of halogens is 1. The Morgan fingerprint density at radius 2 is 2.11 bits per heavy atom. The Morgan fingerprint density at radius 3 is 2.72 bits per heavy atom. The molecule has 18 heavy (non-hydrogen) atoms. The maximum atomic E-state index is 14.5. The number of aryl methyl sites for hydroxylation is 1. The Hall–Kier alpha value is -1.42. The molecule has 0 fully saturated rings. The van der Waals surface area contributed by atoms with Crippen LogP contribution in [0.3, 0.4) is 0 Å². The summed E-state index contributed by atoms with van der Waals surface area (Å²) in [5.41, 5.74) is 6.17. The van der Waals surface area contributed by atoms with Crippen molar-refractivity contribution >= 4 is 11.0 Å². The van der Waals surface area contributed by atoms with Crippen molar-refractivity contribution in [3.8, 4) is 0 Å². The van der Waals surface area contributed by atoms with Crippen LogP contribution in [0.15, 0.2) is 24.3 Å². The first-order valence-electron chi connectivity index (χ1n) is 6.39. The molecule has 0 amide bonds. The maximum absolute atomic E-state index is 14.5. The van der Waals surface area contributed by atoms with Gasteiger partial charge >= 0.3 is 0 Å². The van der Waals surface area contributed by atoms with E-state index in [2.05, 4.69) is 4.98 Å². The minimum atomic E-state index is -1.34. The number of nitrogens with two attached hydrogens (primary N) is 1. The van der Waals surface area contributed by atoms with Gasteiger partial charge in [0.25, 0.3) is 0 Å². The number of rotatable bonds is 5. The Kier molecular flexibility index (Phi) is 3.66. The number of alkyl halides is 1. The molecule has 1 aromatic carbocycles. The molecule has 0 saturated carbocycles. The van der Waals surface area contributed by atoms with Crippen molar-refractivity contribution in [2.24, 2.45) is 12.8 Å². The predicted octanol–water partition coefficient (Wildman–Crippen LogP) is 2.58. The van der Waals surface area contributed by atoms with Crippen molar-refractivity contribution in [2.45, 2.75) is 31.9 Å². The Bertz CT molecular complexity index is 535. The fourth-order valence-electron chi connectivity index (χ4n) is 2.35. The van der Waals surface area contributed by atoms with Crippen LogP contribution in [0.1, 0.15) is 25.6 Å². The molecule has 0 spiro atoms. The number of fused-ring (bicyclic) bond motifs is 1. The minimum Gasteiger partial charge on any atom is -0.331 e. The number of nitrogens with zero attached hydrogens (tertiary/aromatic N) is 2. The second-order valence-corrected chi connectivity index (χ2v) is 4.86.